The van der Waals surface area contributed by atoms with E-state index in [4.69, 9.17) is 0 Å². The number of benzene rings is 1. The van der Waals surface area contributed by atoms with Crippen molar-refractivity contribution in [1.82, 2.24) is 0 Å². The SMILES string of the molecule is CC(C)C(=O)CN1CCc2ccc(F)cc21. The predicted octanol–water partition coefficient (Wildman–Crippen LogP) is 2.41. The molecule has 16 heavy (non-hydrogen) atoms. The number of halogens is 1. The second kappa shape index (κ2) is 4.24. The quantitative estimate of drug-likeness (QED) is 0.781. The van der Waals surface area contributed by atoms with E-state index < -0.39 is 0 Å². The lowest BCUT2D eigenvalue weighted by atomic mass is 10.1. The van der Waals surface area contributed by atoms with Gasteiger partial charge in [-0.1, -0.05) is 19.9 Å². The highest BCUT2D eigenvalue weighted by molar-refractivity contribution is 5.85. The normalized spacial score (nSPS) is 14.4. The maximum absolute atomic E-state index is 13.1. The fourth-order valence-electron chi connectivity index (χ4n) is 1.95. The first kappa shape index (κ1) is 11.1. The summed E-state index contributed by atoms with van der Waals surface area (Å²) in [7, 11) is 0. The van der Waals surface area contributed by atoms with Gasteiger partial charge in [0, 0.05) is 18.2 Å². The Kier molecular flexibility index (Phi) is 2.95. The number of anilines is 1. The van der Waals surface area contributed by atoms with Crippen molar-refractivity contribution in [1.29, 1.82) is 0 Å². The summed E-state index contributed by atoms with van der Waals surface area (Å²) in [5.74, 6) is 0.0115. The molecule has 2 rings (SSSR count). The molecule has 0 bridgehead atoms. The molecular formula is C13H16FNO. The Bertz CT molecular complexity index is 414. The zero-order chi connectivity index (χ0) is 11.7. The monoisotopic (exact) mass is 221 g/mol. The highest BCUT2D eigenvalue weighted by Crippen LogP contribution is 2.28. The van der Waals surface area contributed by atoms with Crippen LogP contribution < -0.4 is 4.90 Å². The Morgan fingerprint density at radius 3 is 2.94 bits per heavy atom. The Balaban J connectivity index is 2.17. The molecule has 86 valence electrons. The molecule has 1 aromatic carbocycles. The molecule has 0 atom stereocenters. The lowest BCUT2D eigenvalue weighted by Gasteiger charge is -2.19. The number of ketones is 1. The lowest BCUT2D eigenvalue weighted by molar-refractivity contribution is -0.120. The van der Waals surface area contributed by atoms with E-state index in [1.165, 1.54) is 12.1 Å². The van der Waals surface area contributed by atoms with Gasteiger partial charge in [-0.25, -0.2) is 4.39 Å². The standard InChI is InChI=1S/C13H16FNO/c1-9(2)13(16)8-15-6-5-10-3-4-11(14)7-12(10)15/h3-4,7,9H,5-6,8H2,1-2H3. The fraction of sp³-hybridized carbons (Fsp3) is 0.462. The molecule has 1 aliphatic heterocycles. The molecule has 0 aromatic heterocycles. The minimum atomic E-state index is -0.234. The number of hydrogen-bond donors (Lipinski definition) is 0. The molecule has 0 unspecified atom stereocenters. The lowest BCUT2D eigenvalue weighted by Crippen LogP contribution is -2.30. The van der Waals surface area contributed by atoms with E-state index in [0.29, 0.717) is 6.54 Å². The van der Waals surface area contributed by atoms with Crippen molar-refractivity contribution in [2.45, 2.75) is 20.3 Å². The summed E-state index contributed by atoms with van der Waals surface area (Å²) in [4.78, 5) is 13.6. The molecule has 1 aliphatic rings. The maximum atomic E-state index is 13.1. The largest absolute Gasteiger partial charge is 0.364 e. The number of hydrogen-bond acceptors (Lipinski definition) is 2. The van der Waals surface area contributed by atoms with Crippen LogP contribution in [0, 0.1) is 11.7 Å². The highest BCUT2D eigenvalue weighted by Gasteiger charge is 2.22. The number of rotatable bonds is 3. The number of carbonyl (C=O) groups is 1. The molecular weight excluding hydrogens is 205 g/mol. The summed E-state index contributed by atoms with van der Waals surface area (Å²) >= 11 is 0. The van der Waals surface area contributed by atoms with Crippen molar-refractivity contribution in [3.63, 3.8) is 0 Å². The molecule has 0 saturated heterocycles. The van der Waals surface area contributed by atoms with Gasteiger partial charge in [-0.15, -0.1) is 0 Å². The van der Waals surface area contributed by atoms with E-state index in [9.17, 15) is 9.18 Å². The zero-order valence-corrected chi connectivity index (χ0v) is 9.66. The minimum absolute atomic E-state index is 0.0395. The minimum Gasteiger partial charge on any atom is -0.364 e. The van der Waals surface area contributed by atoms with Crippen LogP contribution in [-0.4, -0.2) is 18.9 Å². The molecule has 0 radical (unpaired) electrons. The third-order valence-corrected chi connectivity index (χ3v) is 3.03. The predicted molar refractivity (Wildman–Crippen MR) is 62.2 cm³/mol. The van der Waals surface area contributed by atoms with Gasteiger partial charge < -0.3 is 4.90 Å². The zero-order valence-electron chi connectivity index (χ0n) is 9.66. The topological polar surface area (TPSA) is 20.3 Å². The molecule has 3 heteroatoms. The van der Waals surface area contributed by atoms with E-state index in [-0.39, 0.29) is 17.5 Å². The van der Waals surface area contributed by atoms with Gasteiger partial charge in [-0.2, -0.15) is 0 Å². The van der Waals surface area contributed by atoms with Gasteiger partial charge >= 0.3 is 0 Å². The van der Waals surface area contributed by atoms with Gasteiger partial charge in [-0.05, 0) is 24.1 Å². The molecule has 1 aromatic rings. The van der Waals surface area contributed by atoms with Gasteiger partial charge in [0.1, 0.15) is 5.82 Å². The van der Waals surface area contributed by atoms with Crippen molar-refractivity contribution in [2.24, 2.45) is 5.92 Å². The summed E-state index contributed by atoms with van der Waals surface area (Å²) in [6, 6.07) is 4.81. The molecule has 0 aliphatic carbocycles. The Hall–Kier alpha value is -1.38. The van der Waals surface area contributed by atoms with Crippen LogP contribution >= 0.6 is 0 Å². The third kappa shape index (κ3) is 2.08. The molecule has 0 saturated carbocycles. The first-order valence-corrected chi connectivity index (χ1v) is 5.64. The number of carbonyl (C=O) groups excluding carboxylic acids is 1. The number of nitrogens with zero attached hydrogens (tertiary/aromatic N) is 1. The summed E-state index contributed by atoms with van der Waals surface area (Å²) in [6.07, 6.45) is 0.904. The summed E-state index contributed by atoms with van der Waals surface area (Å²) in [5.41, 5.74) is 2.02. The molecule has 0 fully saturated rings. The van der Waals surface area contributed by atoms with Crippen LogP contribution in [0.25, 0.3) is 0 Å². The fourth-order valence-corrected chi connectivity index (χ4v) is 1.95. The second-order valence-corrected chi connectivity index (χ2v) is 4.57. The van der Waals surface area contributed by atoms with Crippen molar-refractivity contribution in [3.8, 4) is 0 Å². The van der Waals surface area contributed by atoms with Crippen molar-refractivity contribution < 1.29 is 9.18 Å². The van der Waals surface area contributed by atoms with E-state index in [1.54, 1.807) is 0 Å². The highest BCUT2D eigenvalue weighted by atomic mass is 19.1. The van der Waals surface area contributed by atoms with Gasteiger partial charge in [0.05, 0.1) is 6.54 Å². The van der Waals surface area contributed by atoms with Gasteiger partial charge in [0.25, 0.3) is 0 Å². The van der Waals surface area contributed by atoms with Gasteiger partial charge in [0.15, 0.2) is 5.78 Å². The molecule has 1 heterocycles. The van der Waals surface area contributed by atoms with Crippen LogP contribution in [0.4, 0.5) is 10.1 Å². The van der Waals surface area contributed by atoms with Crippen LogP contribution in [0.15, 0.2) is 18.2 Å². The average Bonchev–Trinajstić information content (AvgIpc) is 2.61. The Morgan fingerprint density at radius 1 is 1.50 bits per heavy atom. The van der Waals surface area contributed by atoms with E-state index in [2.05, 4.69) is 0 Å². The van der Waals surface area contributed by atoms with E-state index >= 15 is 0 Å². The first-order valence-electron chi connectivity index (χ1n) is 5.64. The first-order chi connectivity index (χ1) is 7.58. The molecule has 2 nitrogen and oxygen atoms in total. The van der Waals surface area contributed by atoms with Crippen LogP contribution in [0.3, 0.4) is 0 Å². The molecule has 0 amide bonds. The van der Waals surface area contributed by atoms with Gasteiger partial charge in [0.2, 0.25) is 0 Å². The van der Waals surface area contributed by atoms with Crippen molar-refractivity contribution in [3.05, 3.63) is 29.6 Å². The third-order valence-electron chi connectivity index (χ3n) is 3.03. The van der Waals surface area contributed by atoms with Crippen molar-refractivity contribution in [2.75, 3.05) is 18.0 Å². The number of Topliss-reactive ketones (excluding diaryl/α,β-unsaturated/α-hetero) is 1. The summed E-state index contributed by atoms with van der Waals surface area (Å²) < 4.78 is 13.1. The summed E-state index contributed by atoms with van der Waals surface area (Å²) in [5, 5.41) is 0. The van der Waals surface area contributed by atoms with E-state index in [1.807, 2.05) is 24.8 Å². The Morgan fingerprint density at radius 2 is 2.25 bits per heavy atom. The molecule has 0 spiro atoms. The smallest absolute Gasteiger partial charge is 0.154 e. The van der Waals surface area contributed by atoms with Crippen LogP contribution in [-0.2, 0) is 11.2 Å². The maximum Gasteiger partial charge on any atom is 0.154 e. The summed E-state index contributed by atoms with van der Waals surface area (Å²) in [6.45, 7) is 5.00. The van der Waals surface area contributed by atoms with Crippen LogP contribution in [0.1, 0.15) is 19.4 Å². The van der Waals surface area contributed by atoms with Crippen LogP contribution in [0.2, 0.25) is 0 Å². The molecule has 0 N–H and O–H groups in total. The van der Waals surface area contributed by atoms with E-state index in [0.717, 1.165) is 24.2 Å². The van der Waals surface area contributed by atoms with Crippen LogP contribution in [0.5, 0.6) is 0 Å². The Labute approximate surface area is 95.1 Å². The second-order valence-electron chi connectivity index (χ2n) is 4.57. The van der Waals surface area contributed by atoms with Crippen molar-refractivity contribution >= 4 is 11.5 Å². The van der Waals surface area contributed by atoms with Gasteiger partial charge in [-0.3, -0.25) is 4.79 Å². The number of fused-ring (bicyclic) bond motifs is 1. The average molecular weight is 221 g/mol.